The zero-order valence-corrected chi connectivity index (χ0v) is 16.0. The molecule has 0 N–H and O–H groups in total. The fraction of sp³-hybridized carbons (Fsp3) is 0.611. The van der Waals surface area contributed by atoms with Gasteiger partial charge in [0.2, 0.25) is 5.91 Å². The topological polar surface area (TPSA) is 64.2 Å². The van der Waals surface area contributed by atoms with E-state index >= 15 is 0 Å². The monoisotopic (exact) mass is 362 g/mol. The van der Waals surface area contributed by atoms with Gasteiger partial charge in [0.15, 0.2) is 16.7 Å². The molecule has 1 amide bonds. The highest BCUT2D eigenvalue weighted by Gasteiger charge is 2.29. The van der Waals surface area contributed by atoms with Gasteiger partial charge in [-0.25, -0.2) is 0 Å². The van der Waals surface area contributed by atoms with E-state index in [1.165, 1.54) is 31.0 Å². The van der Waals surface area contributed by atoms with Gasteiger partial charge in [-0.2, -0.15) is 0 Å². The standard InChI is InChI=1S/C18H26N4O2S/c1-4-22(14-9-6-5-7-10-14)17(23)13(2)25-18-20-19-16(21(18)3)15-11-8-12-24-15/h8,11-14H,4-7,9-10H2,1-3H3. The molecule has 2 aromatic rings. The minimum absolute atomic E-state index is 0.186. The quantitative estimate of drug-likeness (QED) is 0.733. The van der Waals surface area contributed by atoms with Gasteiger partial charge in [-0.15, -0.1) is 10.2 Å². The summed E-state index contributed by atoms with van der Waals surface area (Å²) in [5.41, 5.74) is 0. The van der Waals surface area contributed by atoms with Gasteiger partial charge in [0.25, 0.3) is 0 Å². The van der Waals surface area contributed by atoms with Gasteiger partial charge < -0.3 is 13.9 Å². The second kappa shape index (κ2) is 8.08. The van der Waals surface area contributed by atoms with Crippen molar-refractivity contribution in [3.8, 4) is 11.6 Å². The summed E-state index contributed by atoms with van der Waals surface area (Å²) in [6.45, 7) is 4.80. The third-order valence-electron chi connectivity index (χ3n) is 4.85. The van der Waals surface area contributed by atoms with E-state index in [4.69, 9.17) is 4.42 Å². The van der Waals surface area contributed by atoms with Crippen molar-refractivity contribution < 1.29 is 9.21 Å². The van der Waals surface area contributed by atoms with Gasteiger partial charge in [-0.1, -0.05) is 31.0 Å². The lowest BCUT2D eigenvalue weighted by molar-refractivity contribution is -0.133. The van der Waals surface area contributed by atoms with Crippen molar-refractivity contribution >= 4 is 17.7 Å². The van der Waals surface area contributed by atoms with Crippen LogP contribution in [-0.4, -0.2) is 43.4 Å². The number of hydrogen-bond acceptors (Lipinski definition) is 5. The van der Waals surface area contributed by atoms with Crippen molar-refractivity contribution in [2.24, 2.45) is 7.05 Å². The molecule has 1 aliphatic rings. The van der Waals surface area contributed by atoms with Gasteiger partial charge in [-0.05, 0) is 38.8 Å². The summed E-state index contributed by atoms with van der Waals surface area (Å²) in [6, 6.07) is 4.08. The Morgan fingerprint density at radius 2 is 2.16 bits per heavy atom. The lowest BCUT2D eigenvalue weighted by Gasteiger charge is -2.35. The van der Waals surface area contributed by atoms with E-state index in [9.17, 15) is 4.79 Å². The second-order valence-electron chi connectivity index (χ2n) is 6.52. The van der Waals surface area contributed by atoms with E-state index in [1.807, 2.05) is 30.7 Å². The molecule has 1 saturated carbocycles. The van der Waals surface area contributed by atoms with E-state index in [1.54, 1.807) is 6.26 Å². The fourth-order valence-electron chi connectivity index (χ4n) is 3.47. The van der Waals surface area contributed by atoms with Crippen molar-refractivity contribution in [2.45, 2.75) is 62.4 Å². The van der Waals surface area contributed by atoms with Crippen LogP contribution in [-0.2, 0) is 11.8 Å². The summed E-state index contributed by atoms with van der Waals surface area (Å²) < 4.78 is 7.27. The number of amides is 1. The number of aromatic nitrogens is 3. The van der Waals surface area contributed by atoms with Crippen LogP contribution in [0.2, 0.25) is 0 Å². The molecule has 0 radical (unpaired) electrons. The lowest BCUT2D eigenvalue weighted by atomic mass is 9.94. The summed E-state index contributed by atoms with van der Waals surface area (Å²) in [7, 11) is 1.90. The third kappa shape index (κ3) is 3.92. The molecular formula is C18H26N4O2S. The van der Waals surface area contributed by atoms with Gasteiger partial charge in [0.05, 0.1) is 11.5 Å². The molecule has 1 atom stereocenters. The van der Waals surface area contributed by atoms with E-state index in [2.05, 4.69) is 22.0 Å². The number of hydrogen-bond donors (Lipinski definition) is 0. The zero-order valence-electron chi connectivity index (χ0n) is 15.1. The van der Waals surface area contributed by atoms with Crippen LogP contribution in [0, 0.1) is 0 Å². The first-order chi connectivity index (χ1) is 12.1. The predicted octanol–water partition coefficient (Wildman–Crippen LogP) is 3.74. The molecule has 2 aromatic heterocycles. The van der Waals surface area contributed by atoms with Gasteiger partial charge >= 0.3 is 0 Å². The average molecular weight is 362 g/mol. The Morgan fingerprint density at radius 1 is 1.40 bits per heavy atom. The van der Waals surface area contributed by atoms with Crippen LogP contribution >= 0.6 is 11.8 Å². The molecule has 2 heterocycles. The molecule has 0 bridgehead atoms. The van der Waals surface area contributed by atoms with E-state index in [0.29, 0.717) is 17.6 Å². The second-order valence-corrected chi connectivity index (χ2v) is 7.83. The number of carbonyl (C=O) groups is 1. The van der Waals surface area contributed by atoms with Gasteiger partial charge in [0, 0.05) is 19.6 Å². The summed E-state index contributed by atoms with van der Waals surface area (Å²) in [5.74, 6) is 1.55. The van der Waals surface area contributed by atoms with E-state index in [-0.39, 0.29) is 11.2 Å². The molecule has 1 fully saturated rings. The van der Waals surface area contributed by atoms with Crippen molar-refractivity contribution in [1.29, 1.82) is 0 Å². The largest absolute Gasteiger partial charge is 0.461 e. The molecule has 3 rings (SSSR count). The Morgan fingerprint density at radius 3 is 2.80 bits per heavy atom. The summed E-state index contributed by atoms with van der Waals surface area (Å²) in [6.07, 6.45) is 7.62. The summed E-state index contributed by atoms with van der Waals surface area (Å²) in [4.78, 5) is 15.0. The molecule has 0 aliphatic heterocycles. The molecule has 6 nitrogen and oxygen atoms in total. The van der Waals surface area contributed by atoms with E-state index in [0.717, 1.165) is 24.5 Å². The van der Waals surface area contributed by atoms with Crippen LogP contribution in [0.15, 0.2) is 28.0 Å². The van der Waals surface area contributed by atoms with Crippen LogP contribution in [0.4, 0.5) is 0 Å². The number of nitrogens with zero attached hydrogens (tertiary/aromatic N) is 4. The molecule has 0 spiro atoms. The van der Waals surface area contributed by atoms with Crippen LogP contribution in [0.5, 0.6) is 0 Å². The molecule has 1 unspecified atom stereocenters. The van der Waals surface area contributed by atoms with E-state index < -0.39 is 0 Å². The van der Waals surface area contributed by atoms with Crippen molar-refractivity contribution in [2.75, 3.05) is 6.54 Å². The number of thioether (sulfide) groups is 1. The Bertz CT molecular complexity index is 692. The smallest absolute Gasteiger partial charge is 0.236 e. The number of rotatable bonds is 6. The van der Waals surface area contributed by atoms with Crippen LogP contribution in [0.3, 0.4) is 0 Å². The summed E-state index contributed by atoms with van der Waals surface area (Å²) in [5, 5.41) is 8.98. The van der Waals surface area contributed by atoms with Crippen molar-refractivity contribution in [3.05, 3.63) is 18.4 Å². The first-order valence-corrected chi connectivity index (χ1v) is 9.90. The van der Waals surface area contributed by atoms with Crippen LogP contribution in [0.25, 0.3) is 11.6 Å². The van der Waals surface area contributed by atoms with Gasteiger partial charge in [0.1, 0.15) is 0 Å². The summed E-state index contributed by atoms with van der Waals surface area (Å²) >= 11 is 1.46. The first kappa shape index (κ1) is 18.0. The first-order valence-electron chi connectivity index (χ1n) is 9.02. The molecular weight excluding hydrogens is 336 g/mol. The van der Waals surface area contributed by atoms with Gasteiger partial charge in [-0.3, -0.25) is 4.79 Å². The minimum atomic E-state index is -0.186. The molecule has 0 saturated heterocycles. The Balaban J connectivity index is 1.68. The SMILES string of the molecule is CCN(C(=O)C(C)Sc1nnc(-c2ccco2)n1C)C1CCCCC1. The van der Waals surface area contributed by atoms with Crippen molar-refractivity contribution in [3.63, 3.8) is 0 Å². The van der Waals surface area contributed by atoms with Crippen molar-refractivity contribution in [1.82, 2.24) is 19.7 Å². The maximum atomic E-state index is 13.0. The number of carbonyl (C=O) groups excluding carboxylic acids is 1. The normalized spacial score (nSPS) is 16.8. The molecule has 7 heteroatoms. The molecule has 0 aromatic carbocycles. The van der Waals surface area contributed by atoms with Crippen LogP contribution < -0.4 is 0 Å². The Kier molecular flexibility index (Phi) is 5.83. The maximum absolute atomic E-state index is 13.0. The fourth-order valence-corrected chi connectivity index (χ4v) is 4.35. The average Bonchev–Trinajstić information content (AvgIpc) is 3.27. The zero-order chi connectivity index (χ0) is 17.8. The minimum Gasteiger partial charge on any atom is -0.461 e. The maximum Gasteiger partial charge on any atom is 0.236 e. The number of furan rings is 1. The molecule has 136 valence electrons. The molecule has 1 aliphatic carbocycles. The highest BCUT2D eigenvalue weighted by molar-refractivity contribution is 8.00. The lowest BCUT2D eigenvalue weighted by Crippen LogP contribution is -2.44. The molecule has 25 heavy (non-hydrogen) atoms. The predicted molar refractivity (Wildman–Crippen MR) is 98.3 cm³/mol. The van der Waals surface area contributed by atoms with Crippen LogP contribution in [0.1, 0.15) is 46.0 Å². The Hall–Kier alpha value is -1.76. The highest BCUT2D eigenvalue weighted by Crippen LogP contribution is 2.29. The third-order valence-corrected chi connectivity index (χ3v) is 5.97. The Labute approximate surface area is 153 Å². The highest BCUT2D eigenvalue weighted by atomic mass is 32.2.